The average Bonchev–Trinajstić information content (AvgIpc) is 2.57. The summed E-state index contributed by atoms with van der Waals surface area (Å²) in [6.07, 6.45) is 1.18. The van der Waals surface area contributed by atoms with Gasteiger partial charge in [-0.05, 0) is 41.8 Å². The first-order valence-electron chi connectivity index (χ1n) is 7.34. The molecular formula is C18H20BrNO3. The van der Waals surface area contributed by atoms with Crippen molar-refractivity contribution < 1.29 is 14.3 Å². The molecule has 0 aliphatic heterocycles. The Bertz CT molecular complexity index is 673. The molecule has 0 fully saturated rings. The molecule has 0 spiro atoms. The van der Waals surface area contributed by atoms with Gasteiger partial charge in [-0.3, -0.25) is 4.79 Å². The summed E-state index contributed by atoms with van der Waals surface area (Å²) in [4.78, 5) is 12.0. The van der Waals surface area contributed by atoms with Crippen LogP contribution in [0.2, 0.25) is 0 Å². The number of amides is 1. The van der Waals surface area contributed by atoms with Crippen molar-refractivity contribution in [3.8, 4) is 11.5 Å². The highest BCUT2D eigenvalue weighted by Crippen LogP contribution is 2.27. The summed E-state index contributed by atoms with van der Waals surface area (Å²) in [6.45, 7) is 0.470. The van der Waals surface area contributed by atoms with Crippen molar-refractivity contribution in [3.63, 3.8) is 0 Å². The van der Waals surface area contributed by atoms with Crippen molar-refractivity contribution >= 4 is 21.8 Å². The third kappa shape index (κ3) is 5.28. The number of carbonyl (C=O) groups is 1. The molecule has 0 saturated heterocycles. The van der Waals surface area contributed by atoms with Crippen LogP contribution in [0.3, 0.4) is 0 Å². The Morgan fingerprint density at radius 3 is 2.52 bits per heavy atom. The molecule has 2 aromatic carbocycles. The maximum Gasteiger partial charge on any atom is 0.220 e. The SMILES string of the molecule is COc1ccc(CNC(=O)CCc2cccc(Br)c2)cc1OC. The molecule has 2 rings (SSSR count). The van der Waals surface area contributed by atoms with Gasteiger partial charge in [0, 0.05) is 17.4 Å². The Labute approximate surface area is 144 Å². The molecule has 0 aliphatic carbocycles. The van der Waals surface area contributed by atoms with Crippen molar-refractivity contribution in [2.24, 2.45) is 0 Å². The van der Waals surface area contributed by atoms with Crippen LogP contribution in [-0.4, -0.2) is 20.1 Å². The van der Waals surface area contributed by atoms with Crippen LogP contribution in [0, 0.1) is 0 Å². The molecule has 23 heavy (non-hydrogen) atoms. The number of halogens is 1. The van der Waals surface area contributed by atoms with E-state index in [1.807, 2.05) is 42.5 Å². The molecule has 5 heteroatoms. The zero-order chi connectivity index (χ0) is 16.7. The first-order valence-corrected chi connectivity index (χ1v) is 8.13. The van der Waals surface area contributed by atoms with Gasteiger partial charge in [0.15, 0.2) is 11.5 Å². The molecule has 1 amide bonds. The van der Waals surface area contributed by atoms with Crippen LogP contribution in [0.15, 0.2) is 46.9 Å². The molecule has 2 aromatic rings. The Morgan fingerprint density at radius 2 is 1.83 bits per heavy atom. The number of methoxy groups -OCH3 is 2. The predicted octanol–water partition coefficient (Wildman–Crippen LogP) is 3.72. The number of rotatable bonds is 7. The Balaban J connectivity index is 1.84. The molecular weight excluding hydrogens is 358 g/mol. The lowest BCUT2D eigenvalue weighted by Crippen LogP contribution is -2.23. The van der Waals surface area contributed by atoms with E-state index in [2.05, 4.69) is 21.2 Å². The van der Waals surface area contributed by atoms with E-state index < -0.39 is 0 Å². The van der Waals surface area contributed by atoms with Gasteiger partial charge < -0.3 is 14.8 Å². The molecule has 0 aliphatic rings. The molecule has 4 nitrogen and oxygen atoms in total. The number of ether oxygens (including phenoxy) is 2. The summed E-state index contributed by atoms with van der Waals surface area (Å²) in [6, 6.07) is 13.6. The van der Waals surface area contributed by atoms with Crippen LogP contribution < -0.4 is 14.8 Å². The largest absolute Gasteiger partial charge is 0.493 e. The second-order valence-corrected chi connectivity index (χ2v) is 6.01. The van der Waals surface area contributed by atoms with Crippen LogP contribution in [0.25, 0.3) is 0 Å². The molecule has 0 heterocycles. The van der Waals surface area contributed by atoms with Crippen LogP contribution in [0.1, 0.15) is 17.5 Å². The number of carbonyl (C=O) groups excluding carboxylic acids is 1. The van der Waals surface area contributed by atoms with Gasteiger partial charge in [-0.25, -0.2) is 0 Å². The monoisotopic (exact) mass is 377 g/mol. The second-order valence-electron chi connectivity index (χ2n) is 5.10. The fourth-order valence-electron chi connectivity index (χ4n) is 2.23. The van der Waals surface area contributed by atoms with E-state index in [0.29, 0.717) is 24.5 Å². The molecule has 0 atom stereocenters. The maximum atomic E-state index is 12.0. The van der Waals surface area contributed by atoms with E-state index in [1.54, 1.807) is 14.2 Å². The van der Waals surface area contributed by atoms with Gasteiger partial charge in [-0.2, -0.15) is 0 Å². The van der Waals surface area contributed by atoms with Crippen LogP contribution >= 0.6 is 15.9 Å². The maximum absolute atomic E-state index is 12.0. The van der Waals surface area contributed by atoms with Crippen molar-refractivity contribution in [3.05, 3.63) is 58.1 Å². The number of hydrogen-bond donors (Lipinski definition) is 1. The van der Waals surface area contributed by atoms with E-state index in [-0.39, 0.29) is 5.91 Å². The van der Waals surface area contributed by atoms with E-state index in [4.69, 9.17) is 9.47 Å². The van der Waals surface area contributed by atoms with Gasteiger partial charge >= 0.3 is 0 Å². The zero-order valence-electron chi connectivity index (χ0n) is 13.3. The lowest BCUT2D eigenvalue weighted by Gasteiger charge is -2.10. The highest BCUT2D eigenvalue weighted by atomic mass is 79.9. The van der Waals surface area contributed by atoms with E-state index in [1.165, 1.54) is 0 Å². The molecule has 0 saturated carbocycles. The third-order valence-corrected chi connectivity index (χ3v) is 3.96. The first kappa shape index (κ1) is 17.3. The van der Waals surface area contributed by atoms with Gasteiger partial charge in [0.25, 0.3) is 0 Å². The minimum absolute atomic E-state index is 0.0276. The van der Waals surface area contributed by atoms with Crippen molar-refractivity contribution in [2.45, 2.75) is 19.4 Å². The third-order valence-electron chi connectivity index (χ3n) is 3.47. The second kappa shape index (κ2) is 8.58. The summed E-state index contributed by atoms with van der Waals surface area (Å²) in [5.74, 6) is 1.37. The number of benzene rings is 2. The standard InChI is InChI=1S/C18H20BrNO3/c1-22-16-8-6-14(11-17(16)23-2)12-20-18(21)9-7-13-4-3-5-15(19)10-13/h3-6,8,10-11H,7,9,12H2,1-2H3,(H,20,21). The zero-order valence-corrected chi connectivity index (χ0v) is 14.9. The average molecular weight is 378 g/mol. The summed E-state index contributed by atoms with van der Waals surface area (Å²) in [7, 11) is 3.19. The predicted molar refractivity (Wildman–Crippen MR) is 93.9 cm³/mol. The topological polar surface area (TPSA) is 47.6 Å². The lowest BCUT2D eigenvalue weighted by atomic mass is 10.1. The number of hydrogen-bond acceptors (Lipinski definition) is 3. The van der Waals surface area contributed by atoms with Crippen molar-refractivity contribution in [2.75, 3.05) is 14.2 Å². The summed E-state index contributed by atoms with van der Waals surface area (Å²) >= 11 is 3.43. The number of aryl methyl sites for hydroxylation is 1. The Kier molecular flexibility index (Phi) is 6.47. The van der Waals surface area contributed by atoms with Crippen molar-refractivity contribution in [1.29, 1.82) is 0 Å². The Morgan fingerprint density at radius 1 is 1.04 bits per heavy atom. The highest BCUT2D eigenvalue weighted by Gasteiger charge is 2.06. The summed E-state index contributed by atoms with van der Waals surface area (Å²) in [5, 5.41) is 2.93. The van der Waals surface area contributed by atoms with Gasteiger partial charge in [0.2, 0.25) is 5.91 Å². The van der Waals surface area contributed by atoms with E-state index in [9.17, 15) is 4.79 Å². The smallest absolute Gasteiger partial charge is 0.220 e. The van der Waals surface area contributed by atoms with Crippen LogP contribution in [0.5, 0.6) is 11.5 Å². The Hall–Kier alpha value is -2.01. The molecule has 0 unspecified atom stereocenters. The number of nitrogens with one attached hydrogen (secondary N) is 1. The minimum atomic E-state index is 0.0276. The van der Waals surface area contributed by atoms with Gasteiger partial charge in [0.1, 0.15) is 0 Å². The molecule has 1 N–H and O–H groups in total. The van der Waals surface area contributed by atoms with Crippen LogP contribution in [0.4, 0.5) is 0 Å². The fourth-order valence-corrected chi connectivity index (χ4v) is 2.68. The normalized spacial score (nSPS) is 10.2. The van der Waals surface area contributed by atoms with E-state index in [0.717, 1.165) is 22.0 Å². The summed E-state index contributed by atoms with van der Waals surface area (Å²) < 4.78 is 11.5. The minimum Gasteiger partial charge on any atom is -0.493 e. The highest BCUT2D eigenvalue weighted by molar-refractivity contribution is 9.10. The van der Waals surface area contributed by atoms with Gasteiger partial charge in [0.05, 0.1) is 14.2 Å². The van der Waals surface area contributed by atoms with E-state index >= 15 is 0 Å². The molecule has 0 bridgehead atoms. The molecule has 0 radical (unpaired) electrons. The van der Waals surface area contributed by atoms with Gasteiger partial charge in [-0.15, -0.1) is 0 Å². The van der Waals surface area contributed by atoms with Crippen molar-refractivity contribution in [1.82, 2.24) is 5.32 Å². The molecule has 122 valence electrons. The lowest BCUT2D eigenvalue weighted by molar-refractivity contribution is -0.121. The van der Waals surface area contributed by atoms with Crippen LogP contribution in [-0.2, 0) is 17.8 Å². The first-order chi connectivity index (χ1) is 11.1. The molecule has 0 aromatic heterocycles. The van der Waals surface area contributed by atoms with Gasteiger partial charge in [-0.1, -0.05) is 34.1 Å². The quantitative estimate of drug-likeness (QED) is 0.799. The summed E-state index contributed by atoms with van der Waals surface area (Å²) in [5.41, 5.74) is 2.11. The fraction of sp³-hybridized carbons (Fsp3) is 0.278.